The van der Waals surface area contributed by atoms with Crippen LogP contribution in [0.2, 0.25) is 0 Å². The van der Waals surface area contributed by atoms with Gasteiger partial charge in [-0.05, 0) is 12.3 Å². The van der Waals surface area contributed by atoms with E-state index in [2.05, 4.69) is 13.8 Å². The zero-order valence-electron chi connectivity index (χ0n) is 7.81. The molecular formula is C10H20O. The third-order valence-electron chi connectivity index (χ3n) is 2.54. The monoisotopic (exact) mass is 156 g/mol. The van der Waals surface area contributed by atoms with Gasteiger partial charge in [0.25, 0.3) is 0 Å². The van der Waals surface area contributed by atoms with Crippen molar-refractivity contribution in [1.82, 2.24) is 0 Å². The Kier molecular flexibility index (Phi) is 3.92. The molecule has 66 valence electrons. The third kappa shape index (κ3) is 3.76. The quantitative estimate of drug-likeness (QED) is 0.538. The van der Waals surface area contributed by atoms with E-state index in [0.717, 1.165) is 12.5 Å². The summed E-state index contributed by atoms with van der Waals surface area (Å²) in [6.07, 6.45) is 7.42. The molecule has 2 unspecified atom stereocenters. The molecule has 1 heterocycles. The van der Waals surface area contributed by atoms with Crippen LogP contribution < -0.4 is 0 Å². The van der Waals surface area contributed by atoms with Gasteiger partial charge in [-0.1, -0.05) is 39.5 Å². The van der Waals surface area contributed by atoms with Crippen molar-refractivity contribution in [3.8, 4) is 0 Å². The summed E-state index contributed by atoms with van der Waals surface area (Å²) < 4.78 is 5.22. The minimum atomic E-state index is 0.636. The average molecular weight is 156 g/mol. The molecule has 0 spiro atoms. The zero-order valence-corrected chi connectivity index (χ0v) is 7.81. The van der Waals surface area contributed by atoms with Crippen LogP contribution in [0.1, 0.15) is 46.0 Å². The normalized spacial score (nSPS) is 25.1. The minimum Gasteiger partial charge on any atom is -0.373 e. The number of hydrogen-bond acceptors (Lipinski definition) is 1. The molecule has 0 aromatic heterocycles. The highest BCUT2D eigenvalue weighted by atomic mass is 16.6. The summed E-state index contributed by atoms with van der Waals surface area (Å²) in [6.45, 7) is 5.59. The lowest BCUT2D eigenvalue weighted by atomic mass is 9.94. The van der Waals surface area contributed by atoms with Gasteiger partial charge in [-0.15, -0.1) is 0 Å². The fourth-order valence-electron chi connectivity index (χ4n) is 1.56. The SMILES string of the molecule is CCCCC(CC)CC1CO1. The summed E-state index contributed by atoms with van der Waals surface area (Å²) in [5.74, 6) is 0.933. The predicted octanol–water partition coefficient (Wildman–Crippen LogP) is 2.99. The molecular weight excluding hydrogens is 136 g/mol. The Morgan fingerprint density at radius 1 is 1.45 bits per heavy atom. The number of ether oxygens (including phenoxy) is 1. The molecule has 1 aliphatic heterocycles. The lowest BCUT2D eigenvalue weighted by Gasteiger charge is -2.11. The van der Waals surface area contributed by atoms with Gasteiger partial charge in [0.2, 0.25) is 0 Å². The van der Waals surface area contributed by atoms with E-state index in [0.29, 0.717) is 6.10 Å². The molecule has 2 atom stereocenters. The maximum Gasteiger partial charge on any atom is 0.0812 e. The van der Waals surface area contributed by atoms with Gasteiger partial charge in [0.05, 0.1) is 12.7 Å². The van der Waals surface area contributed by atoms with Crippen molar-refractivity contribution in [2.75, 3.05) is 6.61 Å². The van der Waals surface area contributed by atoms with Crippen molar-refractivity contribution in [1.29, 1.82) is 0 Å². The maximum atomic E-state index is 5.22. The van der Waals surface area contributed by atoms with Crippen LogP contribution in [0.15, 0.2) is 0 Å². The first-order valence-corrected chi connectivity index (χ1v) is 4.98. The molecule has 1 fully saturated rings. The number of rotatable bonds is 6. The lowest BCUT2D eigenvalue weighted by Crippen LogP contribution is -2.02. The second kappa shape index (κ2) is 4.76. The van der Waals surface area contributed by atoms with E-state index < -0.39 is 0 Å². The third-order valence-corrected chi connectivity index (χ3v) is 2.54. The van der Waals surface area contributed by atoms with E-state index in [4.69, 9.17) is 4.74 Å². The Morgan fingerprint density at radius 3 is 2.64 bits per heavy atom. The summed E-state index contributed by atoms with van der Waals surface area (Å²) in [6, 6.07) is 0. The van der Waals surface area contributed by atoms with Gasteiger partial charge >= 0.3 is 0 Å². The molecule has 0 aromatic rings. The highest BCUT2D eigenvalue weighted by Gasteiger charge is 2.25. The topological polar surface area (TPSA) is 12.5 Å². The number of unbranched alkanes of at least 4 members (excludes halogenated alkanes) is 1. The molecule has 0 bridgehead atoms. The molecule has 1 saturated heterocycles. The Morgan fingerprint density at radius 2 is 2.18 bits per heavy atom. The summed E-state index contributed by atoms with van der Waals surface area (Å²) >= 11 is 0. The highest BCUT2D eigenvalue weighted by Crippen LogP contribution is 2.25. The van der Waals surface area contributed by atoms with Gasteiger partial charge in [0, 0.05) is 0 Å². The number of epoxide rings is 1. The first-order valence-electron chi connectivity index (χ1n) is 4.98. The second-order valence-corrected chi connectivity index (χ2v) is 3.61. The summed E-state index contributed by atoms with van der Waals surface area (Å²) in [5.41, 5.74) is 0. The van der Waals surface area contributed by atoms with Gasteiger partial charge in [-0.25, -0.2) is 0 Å². The molecule has 1 heteroatoms. The first-order chi connectivity index (χ1) is 5.36. The van der Waals surface area contributed by atoms with Crippen molar-refractivity contribution < 1.29 is 4.74 Å². The summed E-state index contributed by atoms with van der Waals surface area (Å²) in [7, 11) is 0. The zero-order chi connectivity index (χ0) is 8.10. The fourth-order valence-corrected chi connectivity index (χ4v) is 1.56. The molecule has 1 nitrogen and oxygen atoms in total. The number of hydrogen-bond donors (Lipinski definition) is 0. The Hall–Kier alpha value is -0.0400. The molecule has 11 heavy (non-hydrogen) atoms. The van der Waals surface area contributed by atoms with E-state index in [9.17, 15) is 0 Å². The summed E-state index contributed by atoms with van der Waals surface area (Å²) in [5, 5.41) is 0. The van der Waals surface area contributed by atoms with E-state index in [-0.39, 0.29) is 0 Å². The van der Waals surface area contributed by atoms with Crippen LogP contribution in [-0.4, -0.2) is 12.7 Å². The standard InChI is InChI=1S/C10H20O/c1-3-5-6-9(4-2)7-10-8-11-10/h9-10H,3-8H2,1-2H3. The molecule has 1 aliphatic rings. The fraction of sp³-hybridized carbons (Fsp3) is 1.00. The van der Waals surface area contributed by atoms with Crippen molar-refractivity contribution in [3.63, 3.8) is 0 Å². The van der Waals surface area contributed by atoms with Crippen LogP contribution in [0.5, 0.6) is 0 Å². The summed E-state index contributed by atoms with van der Waals surface area (Å²) in [4.78, 5) is 0. The van der Waals surface area contributed by atoms with Crippen LogP contribution in [-0.2, 0) is 4.74 Å². The predicted molar refractivity (Wildman–Crippen MR) is 47.7 cm³/mol. The van der Waals surface area contributed by atoms with Crippen molar-refractivity contribution in [3.05, 3.63) is 0 Å². The molecule has 0 aliphatic carbocycles. The Labute approximate surface area is 70.1 Å². The molecule has 0 N–H and O–H groups in total. The Balaban J connectivity index is 2.02. The van der Waals surface area contributed by atoms with Gasteiger partial charge in [-0.3, -0.25) is 0 Å². The first kappa shape index (κ1) is 9.05. The van der Waals surface area contributed by atoms with Gasteiger partial charge < -0.3 is 4.74 Å². The maximum absolute atomic E-state index is 5.22. The van der Waals surface area contributed by atoms with Crippen molar-refractivity contribution >= 4 is 0 Å². The lowest BCUT2D eigenvalue weighted by molar-refractivity contribution is 0.331. The smallest absolute Gasteiger partial charge is 0.0812 e. The van der Waals surface area contributed by atoms with E-state index in [1.807, 2.05) is 0 Å². The van der Waals surface area contributed by atoms with E-state index in [1.54, 1.807) is 0 Å². The molecule has 0 aromatic carbocycles. The van der Waals surface area contributed by atoms with Gasteiger partial charge in [0.1, 0.15) is 0 Å². The highest BCUT2D eigenvalue weighted by molar-refractivity contribution is 4.73. The van der Waals surface area contributed by atoms with Crippen LogP contribution in [0.4, 0.5) is 0 Å². The second-order valence-electron chi connectivity index (χ2n) is 3.61. The van der Waals surface area contributed by atoms with Crippen LogP contribution in [0, 0.1) is 5.92 Å². The largest absolute Gasteiger partial charge is 0.373 e. The van der Waals surface area contributed by atoms with Crippen LogP contribution >= 0.6 is 0 Å². The Bertz CT molecular complexity index is 97.0. The van der Waals surface area contributed by atoms with E-state index >= 15 is 0 Å². The van der Waals surface area contributed by atoms with Crippen molar-refractivity contribution in [2.24, 2.45) is 5.92 Å². The molecule has 0 saturated carbocycles. The average Bonchev–Trinajstić information content (AvgIpc) is 2.81. The molecule has 0 amide bonds. The molecule has 1 rings (SSSR count). The molecule has 0 radical (unpaired) electrons. The van der Waals surface area contributed by atoms with Crippen molar-refractivity contribution in [2.45, 2.75) is 52.1 Å². The minimum absolute atomic E-state index is 0.636. The van der Waals surface area contributed by atoms with Crippen LogP contribution in [0.3, 0.4) is 0 Å². The van der Waals surface area contributed by atoms with Crippen LogP contribution in [0.25, 0.3) is 0 Å². The van der Waals surface area contributed by atoms with E-state index in [1.165, 1.54) is 32.1 Å². The van der Waals surface area contributed by atoms with Gasteiger partial charge in [0.15, 0.2) is 0 Å². The van der Waals surface area contributed by atoms with Gasteiger partial charge in [-0.2, -0.15) is 0 Å².